The fourth-order valence-corrected chi connectivity index (χ4v) is 1.46. The minimum absolute atomic E-state index is 0.910. The van der Waals surface area contributed by atoms with Crippen LogP contribution >= 0.6 is 0 Å². The van der Waals surface area contributed by atoms with E-state index in [0.29, 0.717) is 0 Å². The van der Waals surface area contributed by atoms with Crippen LogP contribution < -0.4 is 5.32 Å². The molecule has 84 valence electrons. The minimum atomic E-state index is 0.910. The summed E-state index contributed by atoms with van der Waals surface area (Å²) in [4.78, 5) is 0. The van der Waals surface area contributed by atoms with E-state index in [1.54, 1.807) is 0 Å². The molecule has 0 spiro atoms. The number of hydrogen-bond acceptors (Lipinski definition) is 2. The quantitative estimate of drug-likeness (QED) is 0.546. The van der Waals surface area contributed by atoms with Crippen molar-refractivity contribution in [3.63, 3.8) is 0 Å². The molecule has 0 aliphatic heterocycles. The maximum atomic E-state index is 5.55. The van der Waals surface area contributed by atoms with E-state index in [4.69, 9.17) is 4.74 Å². The van der Waals surface area contributed by atoms with E-state index in [2.05, 4.69) is 12.2 Å². The topological polar surface area (TPSA) is 21.3 Å². The van der Waals surface area contributed by atoms with Crippen LogP contribution in [-0.2, 0) is 4.74 Å². The maximum Gasteiger partial charge on any atom is 0.0494 e. The summed E-state index contributed by atoms with van der Waals surface area (Å²) >= 11 is 0. The average molecular weight is 199 g/mol. The van der Waals surface area contributed by atoms with Gasteiger partial charge >= 0.3 is 0 Å². The van der Waals surface area contributed by atoms with Crippen LogP contribution in [0.25, 0.3) is 0 Å². The lowest BCUT2D eigenvalue weighted by Crippen LogP contribution is -2.18. The van der Waals surface area contributed by atoms with Crippen LogP contribution in [0.4, 0.5) is 0 Å². The van der Waals surface area contributed by atoms with Crippen LogP contribution in [0.15, 0.2) is 0 Å². The first kappa shape index (κ1) is 12.0. The van der Waals surface area contributed by atoms with Gasteiger partial charge in [0.05, 0.1) is 0 Å². The van der Waals surface area contributed by atoms with Crippen molar-refractivity contribution in [2.45, 2.75) is 45.4 Å². The molecule has 0 aromatic rings. The Balaban J connectivity index is 1.63. The maximum absolute atomic E-state index is 5.55. The van der Waals surface area contributed by atoms with Crippen molar-refractivity contribution in [1.29, 1.82) is 0 Å². The molecule has 0 saturated heterocycles. The Hall–Kier alpha value is -0.0800. The van der Waals surface area contributed by atoms with Crippen molar-refractivity contribution < 1.29 is 4.74 Å². The van der Waals surface area contributed by atoms with Crippen molar-refractivity contribution in [3.05, 3.63) is 0 Å². The molecule has 1 aliphatic carbocycles. The molecule has 1 N–H and O–H groups in total. The van der Waals surface area contributed by atoms with Crippen LogP contribution in [0.3, 0.4) is 0 Å². The van der Waals surface area contributed by atoms with Crippen LogP contribution in [0.1, 0.15) is 45.4 Å². The van der Waals surface area contributed by atoms with Gasteiger partial charge in [-0.1, -0.05) is 19.8 Å². The molecular formula is C12H25NO. The highest BCUT2D eigenvalue weighted by Crippen LogP contribution is 2.28. The highest BCUT2D eigenvalue weighted by atomic mass is 16.5. The SMILES string of the molecule is CCCCCNCCCOCC1CC1. The molecule has 1 aliphatic rings. The molecule has 1 fully saturated rings. The molecular weight excluding hydrogens is 174 g/mol. The second-order valence-electron chi connectivity index (χ2n) is 4.33. The molecule has 0 unspecified atom stereocenters. The highest BCUT2D eigenvalue weighted by molar-refractivity contribution is 4.71. The predicted molar refractivity (Wildman–Crippen MR) is 60.6 cm³/mol. The van der Waals surface area contributed by atoms with E-state index < -0.39 is 0 Å². The average Bonchev–Trinajstić information content (AvgIpc) is 2.99. The van der Waals surface area contributed by atoms with Crippen LogP contribution in [0, 0.1) is 5.92 Å². The van der Waals surface area contributed by atoms with Gasteiger partial charge in [-0.3, -0.25) is 0 Å². The molecule has 0 bridgehead atoms. The number of unbranched alkanes of at least 4 members (excludes halogenated alkanes) is 2. The fraction of sp³-hybridized carbons (Fsp3) is 1.00. The normalized spacial score (nSPS) is 16.1. The van der Waals surface area contributed by atoms with Crippen LogP contribution in [0.5, 0.6) is 0 Å². The number of rotatable bonds is 10. The van der Waals surface area contributed by atoms with E-state index in [-0.39, 0.29) is 0 Å². The summed E-state index contributed by atoms with van der Waals surface area (Å²) in [5.74, 6) is 0.910. The van der Waals surface area contributed by atoms with E-state index in [9.17, 15) is 0 Å². The van der Waals surface area contributed by atoms with E-state index in [1.165, 1.54) is 45.1 Å². The minimum Gasteiger partial charge on any atom is -0.381 e. The fourth-order valence-electron chi connectivity index (χ4n) is 1.46. The summed E-state index contributed by atoms with van der Waals surface area (Å²) in [6, 6.07) is 0. The highest BCUT2D eigenvalue weighted by Gasteiger charge is 2.20. The molecule has 14 heavy (non-hydrogen) atoms. The second kappa shape index (κ2) is 8.25. The number of ether oxygens (including phenoxy) is 1. The van der Waals surface area contributed by atoms with Gasteiger partial charge in [0.2, 0.25) is 0 Å². The van der Waals surface area contributed by atoms with Gasteiger partial charge in [0.1, 0.15) is 0 Å². The van der Waals surface area contributed by atoms with Gasteiger partial charge in [0.15, 0.2) is 0 Å². The van der Waals surface area contributed by atoms with Gasteiger partial charge in [0.25, 0.3) is 0 Å². The summed E-state index contributed by atoms with van der Waals surface area (Å²) in [5.41, 5.74) is 0. The summed E-state index contributed by atoms with van der Waals surface area (Å²) in [7, 11) is 0. The first-order chi connectivity index (χ1) is 6.93. The van der Waals surface area contributed by atoms with Crippen LogP contribution in [0.2, 0.25) is 0 Å². The van der Waals surface area contributed by atoms with Gasteiger partial charge in [-0.05, 0) is 44.7 Å². The third-order valence-corrected chi connectivity index (χ3v) is 2.65. The Morgan fingerprint density at radius 1 is 1.14 bits per heavy atom. The first-order valence-electron chi connectivity index (χ1n) is 6.22. The second-order valence-corrected chi connectivity index (χ2v) is 4.33. The lowest BCUT2D eigenvalue weighted by atomic mass is 10.2. The Morgan fingerprint density at radius 3 is 2.64 bits per heavy atom. The molecule has 0 heterocycles. The van der Waals surface area contributed by atoms with Crippen LogP contribution in [-0.4, -0.2) is 26.3 Å². The molecule has 1 rings (SSSR count). The zero-order chi connectivity index (χ0) is 10.1. The van der Waals surface area contributed by atoms with Crippen molar-refractivity contribution in [1.82, 2.24) is 5.32 Å². The zero-order valence-electron chi connectivity index (χ0n) is 9.56. The Morgan fingerprint density at radius 2 is 1.93 bits per heavy atom. The first-order valence-corrected chi connectivity index (χ1v) is 6.22. The third-order valence-electron chi connectivity index (χ3n) is 2.65. The van der Waals surface area contributed by atoms with Crippen molar-refractivity contribution in [3.8, 4) is 0 Å². The lowest BCUT2D eigenvalue weighted by molar-refractivity contribution is 0.122. The summed E-state index contributed by atoms with van der Waals surface area (Å²) in [6.07, 6.45) is 7.94. The smallest absolute Gasteiger partial charge is 0.0494 e. The zero-order valence-corrected chi connectivity index (χ0v) is 9.56. The third kappa shape index (κ3) is 7.34. The van der Waals surface area contributed by atoms with Crippen molar-refractivity contribution in [2.75, 3.05) is 26.3 Å². The molecule has 0 radical (unpaired) electrons. The van der Waals surface area contributed by atoms with Gasteiger partial charge in [0, 0.05) is 13.2 Å². The number of hydrogen-bond donors (Lipinski definition) is 1. The van der Waals surface area contributed by atoms with Gasteiger partial charge in [-0.15, -0.1) is 0 Å². The Bertz CT molecular complexity index is 123. The Kier molecular flexibility index (Phi) is 7.06. The number of nitrogens with one attached hydrogen (secondary N) is 1. The summed E-state index contributed by atoms with van der Waals surface area (Å²) < 4.78 is 5.55. The van der Waals surface area contributed by atoms with Gasteiger partial charge < -0.3 is 10.1 Å². The van der Waals surface area contributed by atoms with E-state index in [0.717, 1.165) is 25.7 Å². The van der Waals surface area contributed by atoms with Crippen molar-refractivity contribution >= 4 is 0 Å². The largest absolute Gasteiger partial charge is 0.381 e. The standard InChI is InChI=1S/C12H25NO/c1-2-3-4-8-13-9-5-10-14-11-12-6-7-12/h12-13H,2-11H2,1H3. The van der Waals surface area contributed by atoms with E-state index >= 15 is 0 Å². The molecule has 0 atom stereocenters. The molecule has 0 amide bonds. The molecule has 0 aromatic carbocycles. The molecule has 2 heteroatoms. The van der Waals surface area contributed by atoms with Gasteiger partial charge in [-0.2, -0.15) is 0 Å². The predicted octanol–water partition coefficient (Wildman–Crippen LogP) is 2.58. The lowest BCUT2D eigenvalue weighted by Gasteiger charge is -2.04. The molecule has 0 aromatic heterocycles. The summed E-state index contributed by atoms with van der Waals surface area (Å²) in [6.45, 7) is 6.49. The van der Waals surface area contributed by atoms with Gasteiger partial charge in [-0.25, -0.2) is 0 Å². The summed E-state index contributed by atoms with van der Waals surface area (Å²) in [5, 5.41) is 3.44. The Labute approximate surface area is 88.4 Å². The van der Waals surface area contributed by atoms with E-state index in [1.807, 2.05) is 0 Å². The monoisotopic (exact) mass is 199 g/mol. The van der Waals surface area contributed by atoms with Crippen molar-refractivity contribution in [2.24, 2.45) is 5.92 Å². The molecule has 2 nitrogen and oxygen atoms in total. The molecule has 1 saturated carbocycles.